The molecule has 1 aromatic rings. The second kappa shape index (κ2) is 8.18. The van der Waals surface area contributed by atoms with Crippen LogP contribution in [0.5, 0.6) is 0 Å². The van der Waals surface area contributed by atoms with Gasteiger partial charge in [0, 0.05) is 11.7 Å². The van der Waals surface area contributed by atoms with Gasteiger partial charge in [-0.05, 0) is 46.1 Å². The summed E-state index contributed by atoms with van der Waals surface area (Å²) in [7, 11) is 0. The molecule has 0 saturated heterocycles. The Balaban J connectivity index is 2.03. The van der Waals surface area contributed by atoms with Crippen molar-refractivity contribution in [2.45, 2.75) is 65.5 Å². The molecule has 1 aliphatic rings. The third kappa shape index (κ3) is 4.41. The molecular weight excluding hydrogens is 324 g/mol. The van der Waals surface area contributed by atoms with Crippen LogP contribution in [0, 0.1) is 13.8 Å². The number of amides is 1. The molecule has 1 amide bonds. The maximum Gasteiger partial charge on any atom is 0.355 e. The van der Waals surface area contributed by atoms with Gasteiger partial charge in [0.1, 0.15) is 5.69 Å². The van der Waals surface area contributed by atoms with E-state index in [1.54, 1.807) is 27.7 Å². The van der Waals surface area contributed by atoms with Crippen molar-refractivity contribution >= 4 is 17.8 Å². The summed E-state index contributed by atoms with van der Waals surface area (Å²) in [5.41, 5.74) is 1.49. The van der Waals surface area contributed by atoms with Crippen LogP contribution in [0.1, 0.15) is 71.6 Å². The van der Waals surface area contributed by atoms with Gasteiger partial charge >= 0.3 is 11.9 Å². The number of H-pyrrole nitrogens is 1. The summed E-state index contributed by atoms with van der Waals surface area (Å²) in [4.78, 5) is 39.4. The first-order valence-electron chi connectivity index (χ1n) is 8.72. The first-order chi connectivity index (χ1) is 11.8. The number of aromatic amines is 1. The fourth-order valence-corrected chi connectivity index (χ4v) is 3.13. The molecule has 7 nitrogen and oxygen atoms in total. The van der Waals surface area contributed by atoms with Gasteiger partial charge in [0.2, 0.25) is 0 Å². The maximum absolute atomic E-state index is 12.4. The molecule has 2 rings (SSSR count). The van der Waals surface area contributed by atoms with E-state index in [4.69, 9.17) is 9.47 Å². The summed E-state index contributed by atoms with van der Waals surface area (Å²) in [6.45, 7) is 6.84. The number of nitrogens with one attached hydrogen (secondary N) is 2. The Morgan fingerprint density at radius 3 is 2.44 bits per heavy atom. The Hall–Kier alpha value is -2.31. The zero-order valence-electron chi connectivity index (χ0n) is 15.2. The predicted octanol–water partition coefficient (Wildman–Crippen LogP) is 2.41. The highest BCUT2D eigenvalue weighted by molar-refractivity contribution is 5.99. The average molecular weight is 350 g/mol. The van der Waals surface area contributed by atoms with Crippen LogP contribution in [-0.4, -0.2) is 41.6 Å². The summed E-state index contributed by atoms with van der Waals surface area (Å²) >= 11 is 0. The van der Waals surface area contributed by atoms with E-state index in [-0.39, 0.29) is 24.2 Å². The molecule has 7 heteroatoms. The third-order valence-corrected chi connectivity index (χ3v) is 4.48. The first kappa shape index (κ1) is 19.0. The van der Waals surface area contributed by atoms with Crippen LogP contribution in [-0.2, 0) is 14.3 Å². The third-order valence-electron chi connectivity index (χ3n) is 4.48. The molecule has 0 bridgehead atoms. The van der Waals surface area contributed by atoms with E-state index in [2.05, 4.69) is 10.3 Å². The van der Waals surface area contributed by atoms with Gasteiger partial charge in [0.05, 0.1) is 12.2 Å². The molecule has 0 unspecified atom stereocenters. The molecule has 138 valence electrons. The lowest BCUT2D eigenvalue weighted by Gasteiger charge is -2.17. The lowest BCUT2D eigenvalue weighted by molar-refractivity contribution is -0.129. The first-order valence-corrected chi connectivity index (χ1v) is 8.72. The minimum Gasteiger partial charge on any atom is -0.462 e. The van der Waals surface area contributed by atoms with E-state index in [0.29, 0.717) is 16.8 Å². The molecule has 2 N–H and O–H groups in total. The van der Waals surface area contributed by atoms with Gasteiger partial charge in [-0.25, -0.2) is 9.59 Å². The van der Waals surface area contributed by atoms with Crippen molar-refractivity contribution in [3.05, 3.63) is 22.5 Å². The van der Waals surface area contributed by atoms with Crippen LogP contribution < -0.4 is 5.32 Å². The molecule has 0 radical (unpaired) electrons. The topological polar surface area (TPSA) is 97.5 Å². The van der Waals surface area contributed by atoms with Crippen molar-refractivity contribution in [2.24, 2.45) is 0 Å². The van der Waals surface area contributed by atoms with Crippen LogP contribution in [0.15, 0.2) is 0 Å². The van der Waals surface area contributed by atoms with Crippen molar-refractivity contribution < 1.29 is 23.9 Å². The molecule has 1 fully saturated rings. The lowest BCUT2D eigenvalue weighted by atomic mass is 10.1. The molecule has 1 heterocycles. The number of carbonyl (C=O) groups is 3. The number of hydrogen-bond donors (Lipinski definition) is 2. The Morgan fingerprint density at radius 1 is 1.20 bits per heavy atom. The van der Waals surface area contributed by atoms with E-state index in [1.807, 2.05) is 0 Å². The molecule has 1 aliphatic carbocycles. The van der Waals surface area contributed by atoms with E-state index in [0.717, 1.165) is 25.7 Å². The van der Waals surface area contributed by atoms with Gasteiger partial charge < -0.3 is 19.8 Å². The zero-order chi connectivity index (χ0) is 18.6. The number of carbonyl (C=O) groups excluding carboxylic acids is 3. The molecule has 0 aromatic carbocycles. The second-order valence-corrected chi connectivity index (χ2v) is 6.38. The van der Waals surface area contributed by atoms with Crippen molar-refractivity contribution in [1.29, 1.82) is 0 Å². The van der Waals surface area contributed by atoms with Crippen molar-refractivity contribution in [1.82, 2.24) is 10.3 Å². The van der Waals surface area contributed by atoms with Gasteiger partial charge in [-0.3, -0.25) is 4.79 Å². The Morgan fingerprint density at radius 2 is 1.84 bits per heavy atom. The Kier molecular flexibility index (Phi) is 6.22. The minimum absolute atomic E-state index is 0.165. The normalized spacial score (nSPS) is 15.7. The maximum atomic E-state index is 12.4. The fourth-order valence-electron chi connectivity index (χ4n) is 3.13. The number of hydrogen-bond acceptors (Lipinski definition) is 5. The minimum atomic E-state index is -0.901. The number of ether oxygens (including phenoxy) is 2. The Labute approximate surface area is 147 Å². The standard InChI is InChI=1S/C18H26N2O5/c1-5-24-17(22)14-10(2)15(19-11(14)3)18(23)25-12(4)16(21)20-13-8-6-7-9-13/h12-13,19H,5-9H2,1-4H3,(H,20,21)/t12-/m1/s1. The quantitative estimate of drug-likeness (QED) is 0.768. The second-order valence-electron chi connectivity index (χ2n) is 6.38. The number of aromatic nitrogens is 1. The van der Waals surface area contributed by atoms with Gasteiger partial charge in [-0.2, -0.15) is 0 Å². The van der Waals surface area contributed by atoms with E-state index < -0.39 is 18.0 Å². The summed E-state index contributed by atoms with van der Waals surface area (Å²) in [5.74, 6) is -1.45. The molecule has 1 atom stereocenters. The Bertz CT molecular complexity index is 659. The van der Waals surface area contributed by atoms with Crippen molar-refractivity contribution in [3.63, 3.8) is 0 Å². The van der Waals surface area contributed by atoms with Gasteiger partial charge in [0.15, 0.2) is 6.10 Å². The van der Waals surface area contributed by atoms with Gasteiger partial charge in [0.25, 0.3) is 5.91 Å². The van der Waals surface area contributed by atoms with Crippen LogP contribution in [0.4, 0.5) is 0 Å². The summed E-state index contributed by atoms with van der Waals surface area (Å²) < 4.78 is 10.3. The van der Waals surface area contributed by atoms with Crippen LogP contribution >= 0.6 is 0 Å². The van der Waals surface area contributed by atoms with Crippen LogP contribution in [0.25, 0.3) is 0 Å². The van der Waals surface area contributed by atoms with Crippen molar-refractivity contribution in [2.75, 3.05) is 6.61 Å². The molecule has 1 saturated carbocycles. The van der Waals surface area contributed by atoms with E-state index in [1.165, 1.54) is 0 Å². The zero-order valence-corrected chi connectivity index (χ0v) is 15.2. The summed E-state index contributed by atoms with van der Waals surface area (Å²) in [5, 5.41) is 2.90. The largest absolute Gasteiger partial charge is 0.462 e. The van der Waals surface area contributed by atoms with E-state index in [9.17, 15) is 14.4 Å². The molecule has 0 aliphatic heterocycles. The molecule has 25 heavy (non-hydrogen) atoms. The molecule has 1 aromatic heterocycles. The van der Waals surface area contributed by atoms with Crippen LogP contribution in [0.2, 0.25) is 0 Å². The highest BCUT2D eigenvalue weighted by Gasteiger charge is 2.27. The number of esters is 2. The van der Waals surface area contributed by atoms with Gasteiger partial charge in [-0.1, -0.05) is 12.8 Å². The monoisotopic (exact) mass is 350 g/mol. The van der Waals surface area contributed by atoms with E-state index >= 15 is 0 Å². The fraction of sp³-hybridized carbons (Fsp3) is 0.611. The van der Waals surface area contributed by atoms with Crippen LogP contribution in [0.3, 0.4) is 0 Å². The molecule has 0 spiro atoms. The van der Waals surface area contributed by atoms with Gasteiger partial charge in [-0.15, -0.1) is 0 Å². The number of aryl methyl sites for hydroxylation is 1. The SMILES string of the molecule is CCOC(=O)c1c(C)[nH]c(C(=O)O[C@H](C)C(=O)NC2CCCC2)c1C. The molecular formula is C18H26N2O5. The lowest BCUT2D eigenvalue weighted by Crippen LogP contribution is -2.40. The highest BCUT2D eigenvalue weighted by Crippen LogP contribution is 2.21. The summed E-state index contributed by atoms with van der Waals surface area (Å²) in [6.07, 6.45) is 3.24. The predicted molar refractivity (Wildman–Crippen MR) is 91.5 cm³/mol. The highest BCUT2D eigenvalue weighted by atomic mass is 16.5. The summed E-state index contributed by atoms with van der Waals surface area (Å²) in [6, 6.07) is 0.165. The average Bonchev–Trinajstić information content (AvgIpc) is 3.15. The number of rotatable bonds is 6. The van der Waals surface area contributed by atoms with Crippen molar-refractivity contribution in [3.8, 4) is 0 Å². The smallest absolute Gasteiger partial charge is 0.355 e.